The van der Waals surface area contributed by atoms with E-state index in [1.165, 1.54) is 0 Å². The van der Waals surface area contributed by atoms with Gasteiger partial charge in [0.15, 0.2) is 5.79 Å². The Morgan fingerprint density at radius 2 is 1.88 bits per heavy atom. The summed E-state index contributed by atoms with van der Waals surface area (Å²) in [6.45, 7) is 3.40. The van der Waals surface area contributed by atoms with E-state index < -0.39 is 5.79 Å². The van der Waals surface area contributed by atoms with Crippen LogP contribution in [0, 0.1) is 5.92 Å². The van der Waals surface area contributed by atoms with Crippen LogP contribution in [0.2, 0.25) is 5.02 Å². The minimum atomic E-state index is -0.488. The Bertz CT molecular complexity index is 695. The second kappa shape index (κ2) is 7.18. The number of benzene rings is 1. The summed E-state index contributed by atoms with van der Waals surface area (Å²) >= 11 is 6.19. The number of hydrogen-bond donors (Lipinski definition) is 0. The van der Waals surface area contributed by atoms with Crippen molar-refractivity contribution >= 4 is 23.4 Å². The third kappa shape index (κ3) is 3.46. The zero-order valence-corrected chi connectivity index (χ0v) is 15.4. The van der Waals surface area contributed by atoms with Crippen LogP contribution in [0.3, 0.4) is 0 Å². The monoisotopic (exact) mass is 378 g/mol. The molecule has 1 unspecified atom stereocenters. The van der Waals surface area contributed by atoms with Gasteiger partial charge in [-0.15, -0.1) is 0 Å². The number of piperidine rings is 1. The van der Waals surface area contributed by atoms with Crippen molar-refractivity contribution in [2.24, 2.45) is 5.92 Å². The van der Waals surface area contributed by atoms with Gasteiger partial charge in [0.05, 0.1) is 19.1 Å². The summed E-state index contributed by atoms with van der Waals surface area (Å²) in [6.07, 6.45) is 1.67. The van der Waals surface area contributed by atoms with Crippen molar-refractivity contribution in [3.63, 3.8) is 0 Å². The Balaban J connectivity index is 1.35. The van der Waals surface area contributed by atoms with E-state index in [-0.39, 0.29) is 24.2 Å². The molecule has 0 N–H and O–H groups in total. The van der Waals surface area contributed by atoms with Gasteiger partial charge in [-0.25, -0.2) is 0 Å². The van der Waals surface area contributed by atoms with E-state index in [2.05, 4.69) is 0 Å². The SMILES string of the molecule is O=C1CC(C(=O)N2CCC3(CC2)OCCO3)CN1Cc1ccccc1Cl. The van der Waals surface area contributed by atoms with Gasteiger partial charge in [0, 0.05) is 50.5 Å². The summed E-state index contributed by atoms with van der Waals surface area (Å²) in [6, 6.07) is 7.50. The lowest BCUT2D eigenvalue weighted by atomic mass is 10.0. The first-order chi connectivity index (χ1) is 12.6. The highest BCUT2D eigenvalue weighted by Gasteiger charge is 2.43. The first-order valence-corrected chi connectivity index (χ1v) is 9.52. The lowest BCUT2D eigenvalue weighted by Crippen LogP contribution is -2.49. The van der Waals surface area contributed by atoms with Crippen molar-refractivity contribution in [1.82, 2.24) is 9.80 Å². The third-order valence-corrected chi connectivity index (χ3v) is 5.90. The van der Waals surface area contributed by atoms with Crippen molar-refractivity contribution in [2.75, 3.05) is 32.8 Å². The molecule has 0 radical (unpaired) electrons. The minimum Gasteiger partial charge on any atom is -0.347 e. The van der Waals surface area contributed by atoms with Crippen LogP contribution in [0.5, 0.6) is 0 Å². The Labute approximate surface area is 158 Å². The molecule has 26 heavy (non-hydrogen) atoms. The lowest BCUT2D eigenvalue weighted by molar-refractivity contribution is -0.188. The summed E-state index contributed by atoms with van der Waals surface area (Å²) in [5.41, 5.74) is 0.908. The number of carbonyl (C=O) groups excluding carboxylic acids is 2. The van der Waals surface area contributed by atoms with Crippen LogP contribution in [-0.2, 0) is 25.6 Å². The maximum absolute atomic E-state index is 12.9. The van der Waals surface area contributed by atoms with E-state index in [0.29, 0.717) is 57.3 Å². The molecular formula is C19H23ClN2O4. The standard InChI is InChI=1S/C19H23ClN2O4/c20-16-4-2-1-3-14(16)12-22-13-15(11-17(22)23)18(24)21-7-5-19(6-8-21)25-9-10-26-19/h1-4,15H,5-13H2. The van der Waals surface area contributed by atoms with Gasteiger partial charge in [-0.3, -0.25) is 9.59 Å². The van der Waals surface area contributed by atoms with Gasteiger partial charge < -0.3 is 19.3 Å². The van der Waals surface area contributed by atoms with Crippen LogP contribution in [0.4, 0.5) is 0 Å². The quantitative estimate of drug-likeness (QED) is 0.807. The first-order valence-electron chi connectivity index (χ1n) is 9.14. The summed E-state index contributed by atoms with van der Waals surface area (Å²) in [7, 11) is 0. The van der Waals surface area contributed by atoms with Crippen LogP contribution in [0.15, 0.2) is 24.3 Å². The molecule has 3 fully saturated rings. The highest BCUT2D eigenvalue weighted by Crippen LogP contribution is 2.33. The zero-order chi connectivity index (χ0) is 18.1. The molecule has 0 saturated carbocycles. The van der Waals surface area contributed by atoms with E-state index >= 15 is 0 Å². The van der Waals surface area contributed by atoms with Crippen LogP contribution in [-0.4, -0.2) is 60.2 Å². The van der Waals surface area contributed by atoms with Crippen LogP contribution >= 0.6 is 11.6 Å². The number of hydrogen-bond acceptors (Lipinski definition) is 4. The molecule has 7 heteroatoms. The summed E-state index contributed by atoms with van der Waals surface area (Å²) in [5.74, 6) is -0.685. The lowest BCUT2D eigenvalue weighted by Gasteiger charge is -2.38. The van der Waals surface area contributed by atoms with Gasteiger partial charge in [-0.1, -0.05) is 29.8 Å². The smallest absolute Gasteiger partial charge is 0.228 e. The molecule has 1 aromatic rings. The average molecular weight is 379 g/mol. The fourth-order valence-corrected chi connectivity index (χ4v) is 4.23. The van der Waals surface area contributed by atoms with E-state index in [9.17, 15) is 9.59 Å². The number of likely N-dealkylation sites (tertiary alicyclic amines) is 2. The largest absolute Gasteiger partial charge is 0.347 e. The Morgan fingerprint density at radius 1 is 1.19 bits per heavy atom. The Morgan fingerprint density at radius 3 is 2.58 bits per heavy atom. The number of amides is 2. The minimum absolute atomic E-state index is 0.0132. The van der Waals surface area contributed by atoms with Gasteiger partial charge in [-0.05, 0) is 11.6 Å². The highest BCUT2D eigenvalue weighted by molar-refractivity contribution is 6.31. The molecular weight excluding hydrogens is 356 g/mol. The molecule has 3 aliphatic rings. The van der Waals surface area contributed by atoms with E-state index in [1.807, 2.05) is 29.2 Å². The number of ether oxygens (including phenoxy) is 2. The molecule has 3 heterocycles. The van der Waals surface area contributed by atoms with Gasteiger partial charge >= 0.3 is 0 Å². The molecule has 4 rings (SSSR count). The number of nitrogens with zero attached hydrogens (tertiary/aromatic N) is 2. The molecule has 0 aliphatic carbocycles. The van der Waals surface area contributed by atoms with E-state index in [4.69, 9.17) is 21.1 Å². The van der Waals surface area contributed by atoms with Gasteiger partial charge in [0.25, 0.3) is 0 Å². The van der Waals surface area contributed by atoms with Crippen molar-refractivity contribution in [3.8, 4) is 0 Å². The highest BCUT2D eigenvalue weighted by atomic mass is 35.5. The van der Waals surface area contributed by atoms with Gasteiger partial charge in [0.1, 0.15) is 0 Å². The second-order valence-electron chi connectivity index (χ2n) is 7.20. The van der Waals surface area contributed by atoms with Crippen LogP contribution < -0.4 is 0 Å². The molecule has 6 nitrogen and oxygen atoms in total. The molecule has 3 saturated heterocycles. The van der Waals surface area contributed by atoms with Crippen LogP contribution in [0.25, 0.3) is 0 Å². The maximum atomic E-state index is 12.9. The molecule has 0 aromatic heterocycles. The van der Waals surface area contributed by atoms with Gasteiger partial charge in [-0.2, -0.15) is 0 Å². The van der Waals surface area contributed by atoms with Crippen molar-refractivity contribution in [1.29, 1.82) is 0 Å². The molecule has 1 atom stereocenters. The zero-order valence-electron chi connectivity index (χ0n) is 14.7. The number of rotatable bonds is 3. The molecule has 140 valence electrons. The Kier molecular flexibility index (Phi) is 4.90. The summed E-state index contributed by atoms with van der Waals surface area (Å²) in [5, 5.41) is 0.646. The molecule has 1 aromatic carbocycles. The second-order valence-corrected chi connectivity index (χ2v) is 7.61. The Hall–Kier alpha value is -1.63. The molecule has 2 amide bonds. The number of carbonyl (C=O) groups is 2. The van der Waals surface area contributed by atoms with E-state index in [1.54, 1.807) is 4.90 Å². The average Bonchev–Trinajstić information content (AvgIpc) is 3.24. The van der Waals surface area contributed by atoms with Crippen molar-refractivity contribution in [2.45, 2.75) is 31.6 Å². The predicted octanol–water partition coefficient (Wildman–Crippen LogP) is 2.05. The van der Waals surface area contributed by atoms with Crippen molar-refractivity contribution < 1.29 is 19.1 Å². The molecule has 1 spiro atoms. The fraction of sp³-hybridized carbons (Fsp3) is 0.579. The molecule has 3 aliphatic heterocycles. The molecule has 0 bridgehead atoms. The maximum Gasteiger partial charge on any atom is 0.228 e. The third-order valence-electron chi connectivity index (χ3n) is 5.53. The normalized spacial score (nSPS) is 25.3. The summed E-state index contributed by atoms with van der Waals surface area (Å²) in [4.78, 5) is 28.8. The summed E-state index contributed by atoms with van der Waals surface area (Å²) < 4.78 is 11.4. The van der Waals surface area contributed by atoms with Crippen molar-refractivity contribution in [3.05, 3.63) is 34.9 Å². The van der Waals surface area contributed by atoms with Crippen LogP contribution in [0.1, 0.15) is 24.8 Å². The van der Waals surface area contributed by atoms with Gasteiger partial charge in [0.2, 0.25) is 11.8 Å². The predicted molar refractivity (Wildman–Crippen MR) is 95.4 cm³/mol. The first kappa shape index (κ1) is 17.8. The fourth-order valence-electron chi connectivity index (χ4n) is 4.03. The topological polar surface area (TPSA) is 59.1 Å². The van der Waals surface area contributed by atoms with E-state index in [0.717, 1.165) is 5.56 Å². The number of halogens is 1.